The maximum atomic E-state index is 12.3. The summed E-state index contributed by atoms with van der Waals surface area (Å²) in [6, 6.07) is 7.54. The highest BCUT2D eigenvalue weighted by Gasteiger charge is 2.27. The monoisotopic (exact) mass is 277 g/mol. The molecule has 0 fully saturated rings. The predicted octanol–water partition coefficient (Wildman–Crippen LogP) is 3.78. The molecule has 3 heteroatoms. The zero-order valence-corrected chi connectivity index (χ0v) is 13.5. The molecule has 20 heavy (non-hydrogen) atoms. The van der Waals surface area contributed by atoms with Gasteiger partial charge in [0.05, 0.1) is 6.61 Å². The molecule has 0 saturated heterocycles. The van der Waals surface area contributed by atoms with Crippen molar-refractivity contribution in [2.45, 2.75) is 53.2 Å². The molecule has 1 N–H and O–H groups in total. The Bertz CT molecular complexity index is 441. The molecule has 0 radical (unpaired) electrons. The van der Waals surface area contributed by atoms with Gasteiger partial charge in [-0.15, -0.1) is 0 Å². The first kappa shape index (κ1) is 16.7. The molecular formula is C17H27NO2. The third-order valence-electron chi connectivity index (χ3n) is 2.95. The summed E-state index contributed by atoms with van der Waals surface area (Å²) < 4.78 is 5.06. The smallest absolute Gasteiger partial charge is 0.251 e. The van der Waals surface area contributed by atoms with E-state index in [1.807, 2.05) is 24.3 Å². The number of methoxy groups -OCH3 is 1. The van der Waals surface area contributed by atoms with E-state index in [0.29, 0.717) is 12.2 Å². The van der Waals surface area contributed by atoms with Gasteiger partial charge in [-0.25, -0.2) is 0 Å². The molecule has 1 aromatic rings. The van der Waals surface area contributed by atoms with Crippen molar-refractivity contribution in [3.63, 3.8) is 0 Å². The number of carbonyl (C=O) groups is 1. The van der Waals surface area contributed by atoms with Gasteiger partial charge in [0.25, 0.3) is 5.91 Å². The van der Waals surface area contributed by atoms with Crippen LogP contribution in [0.3, 0.4) is 0 Å². The molecule has 1 rings (SSSR count). The molecule has 1 aromatic carbocycles. The van der Waals surface area contributed by atoms with Gasteiger partial charge in [0, 0.05) is 18.2 Å². The molecule has 0 spiro atoms. The van der Waals surface area contributed by atoms with E-state index in [9.17, 15) is 4.79 Å². The van der Waals surface area contributed by atoms with Crippen LogP contribution < -0.4 is 5.32 Å². The van der Waals surface area contributed by atoms with Gasteiger partial charge in [-0.2, -0.15) is 0 Å². The first-order valence-corrected chi connectivity index (χ1v) is 7.03. The van der Waals surface area contributed by atoms with Crippen LogP contribution >= 0.6 is 0 Å². The number of hydrogen-bond acceptors (Lipinski definition) is 2. The number of benzene rings is 1. The molecule has 0 aliphatic carbocycles. The zero-order valence-electron chi connectivity index (χ0n) is 13.5. The van der Waals surface area contributed by atoms with Crippen molar-refractivity contribution in [1.29, 1.82) is 0 Å². The molecule has 0 aromatic heterocycles. The van der Waals surface area contributed by atoms with Crippen LogP contribution in [0.15, 0.2) is 24.3 Å². The zero-order chi connectivity index (χ0) is 15.4. The standard InChI is InChI=1S/C17H27NO2/c1-16(2,3)12-17(4,5)18-15(19)14-9-7-13(8-10-14)11-20-6/h7-10H,11-12H2,1-6H3,(H,18,19). The first-order chi connectivity index (χ1) is 9.13. The van der Waals surface area contributed by atoms with Gasteiger partial charge in [0.2, 0.25) is 0 Å². The first-order valence-electron chi connectivity index (χ1n) is 7.03. The average molecular weight is 277 g/mol. The average Bonchev–Trinajstić information content (AvgIpc) is 2.26. The van der Waals surface area contributed by atoms with Gasteiger partial charge in [-0.3, -0.25) is 4.79 Å². The summed E-state index contributed by atoms with van der Waals surface area (Å²) in [5, 5.41) is 3.11. The Morgan fingerprint density at radius 1 is 1.10 bits per heavy atom. The molecule has 0 aliphatic heterocycles. The second kappa shape index (κ2) is 6.40. The van der Waals surface area contributed by atoms with Crippen LogP contribution in [0.2, 0.25) is 0 Å². The molecule has 0 unspecified atom stereocenters. The molecule has 0 atom stereocenters. The van der Waals surface area contributed by atoms with Crippen molar-refractivity contribution in [2.24, 2.45) is 5.41 Å². The summed E-state index contributed by atoms with van der Waals surface area (Å²) in [7, 11) is 1.66. The molecule has 112 valence electrons. The Kier molecular flexibility index (Phi) is 5.35. The molecule has 0 saturated carbocycles. The lowest BCUT2D eigenvalue weighted by molar-refractivity contribution is 0.0891. The third kappa shape index (κ3) is 5.74. The fourth-order valence-corrected chi connectivity index (χ4v) is 2.67. The summed E-state index contributed by atoms with van der Waals surface area (Å²) in [5.41, 5.74) is 1.71. The Morgan fingerprint density at radius 3 is 2.10 bits per heavy atom. The van der Waals surface area contributed by atoms with Gasteiger partial charge in [0.15, 0.2) is 0 Å². The molecule has 0 aliphatic rings. The molecule has 0 heterocycles. The summed E-state index contributed by atoms with van der Waals surface area (Å²) in [4.78, 5) is 12.3. The van der Waals surface area contributed by atoms with Crippen molar-refractivity contribution in [3.05, 3.63) is 35.4 Å². The van der Waals surface area contributed by atoms with E-state index in [0.717, 1.165) is 12.0 Å². The lowest BCUT2D eigenvalue weighted by Crippen LogP contribution is -2.45. The summed E-state index contributed by atoms with van der Waals surface area (Å²) in [6.07, 6.45) is 0.924. The van der Waals surface area contributed by atoms with Gasteiger partial charge >= 0.3 is 0 Å². The quantitative estimate of drug-likeness (QED) is 0.889. The van der Waals surface area contributed by atoms with Gasteiger partial charge in [0.1, 0.15) is 0 Å². The second-order valence-electron chi connectivity index (χ2n) is 7.21. The van der Waals surface area contributed by atoms with Crippen LogP contribution in [0.4, 0.5) is 0 Å². The van der Waals surface area contributed by atoms with E-state index in [4.69, 9.17) is 4.74 Å². The Hall–Kier alpha value is -1.35. The van der Waals surface area contributed by atoms with E-state index in [-0.39, 0.29) is 16.9 Å². The van der Waals surface area contributed by atoms with Crippen LogP contribution in [-0.2, 0) is 11.3 Å². The van der Waals surface area contributed by atoms with Crippen molar-refractivity contribution < 1.29 is 9.53 Å². The summed E-state index contributed by atoms with van der Waals surface area (Å²) in [5.74, 6) is -0.0248. The topological polar surface area (TPSA) is 38.3 Å². The van der Waals surface area contributed by atoms with Crippen molar-refractivity contribution in [2.75, 3.05) is 7.11 Å². The van der Waals surface area contributed by atoms with Gasteiger partial charge in [-0.1, -0.05) is 32.9 Å². The number of ether oxygens (including phenoxy) is 1. The minimum absolute atomic E-state index is 0.0248. The van der Waals surface area contributed by atoms with E-state index >= 15 is 0 Å². The fraction of sp³-hybridized carbons (Fsp3) is 0.588. The van der Waals surface area contributed by atoms with Crippen LogP contribution in [0.5, 0.6) is 0 Å². The molecule has 3 nitrogen and oxygen atoms in total. The maximum Gasteiger partial charge on any atom is 0.251 e. The SMILES string of the molecule is COCc1ccc(C(=O)NC(C)(C)CC(C)(C)C)cc1. The summed E-state index contributed by atoms with van der Waals surface area (Å²) >= 11 is 0. The van der Waals surface area contributed by atoms with E-state index < -0.39 is 0 Å². The van der Waals surface area contributed by atoms with Crippen molar-refractivity contribution >= 4 is 5.91 Å². The second-order valence-corrected chi connectivity index (χ2v) is 7.21. The predicted molar refractivity (Wildman–Crippen MR) is 82.8 cm³/mol. The van der Waals surface area contributed by atoms with Gasteiger partial charge in [-0.05, 0) is 43.4 Å². The minimum atomic E-state index is -0.222. The number of carbonyl (C=O) groups excluding carboxylic acids is 1. The highest BCUT2D eigenvalue weighted by molar-refractivity contribution is 5.94. The van der Waals surface area contributed by atoms with Crippen molar-refractivity contribution in [1.82, 2.24) is 5.32 Å². The Morgan fingerprint density at radius 2 is 1.65 bits per heavy atom. The van der Waals surface area contributed by atoms with Crippen LogP contribution in [-0.4, -0.2) is 18.6 Å². The number of amides is 1. The maximum absolute atomic E-state index is 12.3. The largest absolute Gasteiger partial charge is 0.380 e. The highest BCUT2D eigenvalue weighted by atomic mass is 16.5. The fourth-order valence-electron chi connectivity index (χ4n) is 2.67. The van der Waals surface area contributed by atoms with Gasteiger partial charge < -0.3 is 10.1 Å². The van der Waals surface area contributed by atoms with Crippen LogP contribution in [0.1, 0.15) is 57.0 Å². The Labute approximate surface area is 122 Å². The number of nitrogens with one attached hydrogen (secondary N) is 1. The van der Waals surface area contributed by atoms with Crippen LogP contribution in [0.25, 0.3) is 0 Å². The van der Waals surface area contributed by atoms with E-state index in [1.54, 1.807) is 7.11 Å². The lowest BCUT2D eigenvalue weighted by Gasteiger charge is -2.33. The summed E-state index contributed by atoms with van der Waals surface area (Å²) in [6.45, 7) is 11.2. The van der Waals surface area contributed by atoms with Crippen molar-refractivity contribution in [3.8, 4) is 0 Å². The third-order valence-corrected chi connectivity index (χ3v) is 2.95. The number of hydrogen-bond donors (Lipinski definition) is 1. The highest BCUT2D eigenvalue weighted by Crippen LogP contribution is 2.27. The lowest BCUT2D eigenvalue weighted by atomic mass is 9.81. The van der Waals surface area contributed by atoms with E-state index in [2.05, 4.69) is 39.9 Å². The number of rotatable bonds is 5. The van der Waals surface area contributed by atoms with E-state index in [1.165, 1.54) is 0 Å². The normalized spacial score (nSPS) is 12.3. The van der Waals surface area contributed by atoms with Crippen LogP contribution in [0, 0.1) is 5.41 Å². The molecule has 0 bridgehead atoms. The minimum Gasteiger partial charge on any atom is -0.380 e. The Balaban J connectivity index is 2.70. The molecular weight excluding hydrogens is 250 g/mol. The molecule has 1 amide bonds.